The molecule has 4 N–H and O–H groups in total. The molecule has 1 aromatic heterocycles. The SMILES string of the molecule is O=C(NCCn1cccn1)NC(CO)C(=O)O. The molecule has 1 unspecified atom stereocenters. The summed E-state index contributed by atoms with van der Waals surface area (Å²) in [5, 5.41) is 25.8. The average Bonchev–Trinajstić information content (AvgIpc) is 2.78. The molecular weight excluding hydrogens is 228 g/mol. The third kappa shape index (κ3) is 4.51. The summed E-state index contributed by atoms with van der Waals surface area (Å²) in [6.07, 6.45) is 3.36. The van der Waals surface area contributed by atoms with E-state index in [0.29, 0.717) is 13.1 Å². The summed E-state index contributed by atoms with van der Waals surface area (Å²) in [6, 6.07) is -0.176. The fourth-order valence-electron chi connectivity index (χ4n) is 1.11. The maximum Gasteiger partial charge on any atom is 0.328 e. The Hall–Kier alpha value is -2.09. The smallest absolute Gasteiger partial charge is 0.328 e. The van der Waals surface area contributed by atoms with E-state index >= 15 is 0 Å². The molecule has 0 fully saturated rings. The molecule has 1 atom stereocenters. The van der Waals surface area contributed by atoms with E-state index in [-0.39, 0.29) is 0 Å². The van der Waals surface area contributed by atoms with Crippen molar-refractivity contribution in [2.45, 2.75) is 12.6 Å². The van der Waals surface area contributed by atoms with Crippen LogP contribution in [0, 0.1) is 0 Å². The van der Waals surface area contributed by atoms with Crippen molar-refractivity contribution >= 4 is 12.0 Å². The first kappa shape index (κ1) is 13.0. The second kappa shape index (κ2) is 6.48. The number of hydrogen-bond donors (Lipinski definition) is 4. The van der Waals surface area contributed by atoms with Gasteiger partial charge in [-0.1, -0.05) is 0 Å². The molecule has 2 amide bonds. The third-order valence-electron chi connectivity index (χ3n) is 1.97. The lowest BCUT2D eigenvalue weighted by Gasteiger charge is -2.12. The molecule has 0 saturated heterocycles. The molecule has 8 nitrogen and oxygen atoms in total. The zero-order valence-electron chi connectivity index (χ0n) is 9.04. The molecule has 0 bridgehead atoms. The predicted octanol–water partition coefficient (Wildman–Crippen LogP) is -1.37. The van der Waals surface area contributed by atoms with Crippen LogP contribution in [0.15, 0.2) is 18.5 Å². The van der Waals surface area contributed by atoms with Crippen LogP contribution < -0.4 is 10.6 Å². The number of aliphatic carboxylic acids is 1. The molecular formula is C9H14N4O4. The number of carbonyl (C=O) groups excluding carboxylic acids is 1. The molecule has 1 heterocycles. The van der Waals surface area contributed by atoms with Crippen molar-refractivity contribution in [2.75, 3.05) is 13.2 Å². The molecule has 8 heteroatoms. The van der Waals surface area contributed by atoms with Crippen molar-refractivity contribution in [1.29, 1.82) is 0 Å². The van der Waals surface area contributed by atoms with Gasteiger partial charge in [-0.3, -0.25) is 4.68 Å². The minimum atomic E-state index is -1.29. The molecule has 0 aliphatic heterocycles. The van der Waals surface area contributed by atoms with E-state index in [1.807, 2.05) is 0 Å². The average molecular weight is 242 g/mol. The molecule has 0 aliphatic rings. The van der Waals surface area contributed by atoms with Gasteiger partial charge in [-0.05, 0) is 6.07 Å². The van der Waals surface area contributed by atoms with Crippen molar-refractivity contribution in [3.05, 3.63) is 18.5 Å². The number of aliphatic hydroxyl groups excluding tert-OH is 1. The number of carboxylic acids is 1. The van der Waals surface area contributed by atoms with Crippen LogP contribution in [-0.4, -0.2) is 51.2 Å². The number of nitrogens with one attached hydrogen (secondary N) is 2. The van der Waals surface area contributed by atoms with E-state index in [4.69, 9.17) is 10.2 Å². The summed E-state index contributed by atoms with van der Waals surface area (Å²) in [5.41, 5.74) is 0. The van der Waals surface area contributed by atoms with Crippen molar-refractivity contribution in [3.63, 3.8) is 0 Å². The number of aliphatic hydroxyl groups is 1. The number of amides is 2. The van der Waals surface area contributed by atoms with Gasteiger partial charge in [0.1, 0.15) is 0 Å². The fraction of sp³-hybridized carbons (Fsp3) is 0.444. The summed E-state index contributed by atoms with van der Waals surface area (Å²) in [7, 11) is 0. The zero-order chi connectivity index (χ0) is 12.7. The van der Waals surface area contributed by atoms with E-state index in [2.05, 4.69) is 15.7 Å². The highest BCUT2D eigenvalue weighted by Gasteiger charge is 2.17. The molecule has 17 heavy (non-hydrogen) atoms. The maximum atomic E-state index is 11.2. The first-order valence-electron chi connectivity index (χ1n) is 4.99. The molecule has 1 aromatic rings. The van der Waals surface area contributed by atoms with Gasteiger partial charge in [0, 0.05) is 18.9 Å². The molecule has 0 aliphatic carbocycles. The van der Waals surface area contributed by atoms with Gasteiger partial charge in [0.15, 0.2) is 6.04 Å². The maximum absolute atomic E-state index is 11.2. The van der Waals surface area contributed by atoms with Gasteiger partial charge in [0.05, 0.1) is 13.2 Å². The van der Waals surface area contributed by atoms with Crippen LogP contribution in [0.1, 0.15) is 0 Å². The number of carbonyl (C=O) groups is 2. The lowest BCUT2D eigenvalue weighted by atomic mass is 10.3. The second-order valence-electron chi connectivity index (χ2n) is 3.24. The topological polar surface area (TPSA) is 116 Å². The standard InChI is InChI=1S/C9H14N4O4/c14-6-7(8(15)16)12-9(17)10-3-5-13-4-1-2-11-13/h1-2,4,7,14H,3,5-6H2,(H,15,16)(H2,10,12,17). The minimum Gasteiger partial charge on any atom is -0.480 e. The Morgan fingerprint density at radius 3 is 2.76 bits per heavy atom. The molecule has 0 aromatic carbocycles. The van der Waals surface area contributed by atoms with Crippen LogP contribution in [0.5, 0.6) is 0 Å². The number of rotatable bonds is 6. The number of urea groups is 1. The van der Waals surface area contributed by atoms with Gasteiger partial charge in [0.25, 0.3) is 0 Å². The normalized spacial score (nSPS) is 11.8. The van der Waals surface area contributed by atoms with E-state index in [1.54, 1.807) is 23.1 Å². The number of nitrogens with zero attached hydrogens (tertiary/aromatic N) is 2. The molecule has 0 saturated carbocycles. The first-order chi connectivity index (χ1) is 8.13. The second-order valence-corrected chi connectivity index (χ2v) is 3.24. The summed E-state index contributed by atoms with van der Waals surface area (Å²) in [6.45, 7) is 0.143. The Morgan fingerprint density at radius 2 is 2.24 bits per heavy atom. The van der Waals surface area contributed by atoms with Gasteiger partial charge < -0.3 is 20.8 Å². The van der Waals surface area contributed by atoms with Gasteiger partial charge in [0.2, 0.25) is 0 Å². The summed E-state index contributed by atoms with van der Waals surface area (Å²) < 4.78 is 1.63. The quantitative estimate of drug-likeness (QED) is 0.491. The zero-order valence-corrected chi connectivity index (χ0v) is 9.04. The highest BCUT2D eigenvalue weighted by Crippen LogP contribution is 1.84. The molecule has 1 rings (SSSR count). The number of aromatic nitrogens is 2. The Balaban J connectivity index is 2.23. The van der Waals surface area contributed by atoms with E-state index in [0.717, 1.165) is 0 Å². The fourth-order valence-corrected chi connectivity index (χ4v) is 1.11. The van der Waals surface area contributed by atoms with E-state index in [9.17, 15) is 9.59 Å². The van der Waals surface area contributed by atoms with Crippen LogP contribution in [0.2, 0.25) is 0 Å². The van der Waals surface area contributed by atoms with Crippen LogP contribution in [0.3, 0.4) is 0 Å². The van der Waals surface area contributed by atoms with Gasteiger partial charge in [-0.2, -0.15) is 5.10 Å². The van der Waals surface area contributed by atoms with Crippen LogP contribution in [0.25, 0.3) is 0 Å². The summed E-state index contributed by atoms with van der Waals surface area (Å²) in [4.78, 5) is 21.7. The van der Waals surface area contributed by atoms with Crippen molar-refractivity contribution in [1.82, 2.24) is 20.4 Å². The Labute approximate surface area is 97.2 Å². The number of carboxylic acid groups (broad SMARTS) is 1. The lowest BCUT2D eigenvalue weighted by Crippen LogP contribution is -2.48. The number of hydrogen-bond acceptors (Lipinski definition) is 4. The van der Waals surface area contributed by atoms with E-state index in [1.165, 1.54) is 0 Å². The van der Waals surface area contributed by atoms with Gasteiger partial charge in [-0.25, -0.2) is 9.59 Å². The van der Waals surface area contributed by atoms with Crippen LogP contribution >= 0.6 is 0 Å². The third-order valence-corrected chi connectivity index (χ3v) is 1.97. The van der Waals surface area contributed by atoms with Crippen molar-refractivity contribution in [3.8, 4) is 0 Å². The van der Waals surface area contributed by atoms with Gasteiger partial charge in [-0.15, -0.1) is 0 Å². The van der Waals surface area contributed by atoms with Crippen molar-refractivity contribution in [2.24, 2.45) is 0 Å². The van der Waals surface area contributed by atoms with Crippen LogP contribution in [0.4, 0.5) is 4.79 Å². The lowest BCUT2D eigenvalue weighted by molar-refractivity contribution is -0.140. The van der Waals surface area contributed by atoms with Crippen LogP contribution in [-0.2, 0) is 11.3 Å². The van der Waals surface area contributed by atoms with Crippen molar-refractivity contribution < 1.29 is 19.8 Å². The minimum absolute atomic E-state index is 0.311. The Bertz CT molecular complexity index is 365. The Kier molecular flexibility index (Phi) is 4.95. The largest absolute Gasteiger partial charge is 0.480 e. The molecule has 94 valence electrons. The molecule has 0 radical (unpaired) electrons. The van der Waals surface area contributed by atoms with Gasteiger partial charge >= 0.3 is 12.0 Å². The highest BCUT2D eigenvalue weighted by atomic mass is 16.4. The summed E-state index contributed by atoms with van der Waals surface area (Å²) in [5.74, 6) is -1.28. The summed E-state index contributed by atoms with van der Waals surface area (Å²) >= 11 is 0. The molecule has 0 spiro atoms. The highest BCUT2D eigenvalue weighted by molar-refractivity contribution is 5.82. The first-order valence-corrected chi connectivity index (χ1v) is 4.99. The predicted molar refractivity (Wildman–Crippen MR) is 57.3 cm³/mol. The Morgan fingerprint density at radius 1 is 1.47 bits per heavy atom. The van der Waals surface area contributed by atoms with E-state index < -0.39 is 24.6 Å². The monoisotopic (exact) mass is 242 g/mol.